The molecule has 0 radical (unpaired) electrons. The van der Waals surface area contributed by atoms with Gasteiger partial charge in [0.15, 0.2) is 0 Å². The molecule has 0 spiro atoms. The third-order valence-electron chi connectivity index (χ3n) is 0.888. The van der Waals surface area contributed by atoms with Crippen molar-refractivity contribution in [3.8, 4) is 0 Å². The molecular weight excluding hydrogens is 226 g/mol. The number of hydrogen-bond donors (Lipinski definition) is 0. The Morgan fingerprint density at radius 1 is 0.750 bits per heavy atom. The van der Waals surface area contributed by atoms with Crippen molar-refractivity contribution in [1.82, 2.24) is 0 Å². The van der Waals surface area contributed by atoms with Crippen LogP contribution in [0.5, 0.6) is 0 Å². The molecule has 12 heavy (non-hydrogen) atoms. The molecule has 0 aliphatic carbocycles. The van der Waals surface area contributed by atoms with Crippen molar-refractivity contribution in [3.05, 3.63) is 0 Å². The fraction of sp³-hybridized carbons (Fsp3) is 0.500. The second-order valence-corrected chi connectivity index (χ2v) is 2.41. The van der Waals surface area contributed by atoms with E-state index in [-0.39, 0.29) is 0 Å². The maximum absolute atomic E-state index is 12.0. The van der Waals surface area contributed by atoms with Crippen LogP contribution >= 0.6 is 24.4 Å². The molecule has 0 nitrogen and oxygen atoms in total. The van der Waals surface area contributed by atoms with Crippen molar-refractivity contribution in [1.29, 1.82) is 0 Å². The lowest BCUT2D eigenvalue weighted by atomic mass is 10.2. The average molecular weight is 226 g/mol. The highest BCUT2D eigenvalue weighted by Crippen LogP contribution is 2.37. The molecule has 0 unspecified atom stereocenters. The normalized spacial score (nSPS) is 12.8. The lowest BCUT2D eigenvalue weighted by molar-refractivity contribution is -0.124. The smallest absolute Gasteiger partial charge is 0.192 e. The Kier molecular flexibility index (Phi) is 3.18. The minimum Gasteiger partial charge on any atom is -0.192 e. The Hall–Kier alpha value is -0.240. The van der Waals surface area contributed by atoms with Gasteiger partial charge < -0.3 is 0 Å². The summed E-state index contributed by atoms with van der Waals surface area (Å²) in [5.41, 5.74) is 0. The van der Waals surface area contributed by atoms with Gasteiger partial charge in [-0.2, -0.15) is 26.3 Å². The van der Waals surface area contributed by atoms with E-state index in [0.717, 1.165) is 0 Å². The standard InChI is InChI=1S/C4F6S2/c5-1(11)3(7,8)4(9,10)2(6)12. The van der Waals surface area contributed by atoms with Gasteiger partial charge >= 0.3 is 11.8 Å². The van der Waals surface area contributed by atoms with Gasteiger partial charge in [0, 0.05) is 0 Å². The monoisotopic (exact) mass is 226 g/mol. The van der Waals surface area contributed by atoms with Crippen molar-refractivity contribution < 1.29 is 26.3 Å². The maximum atomic E-state index is 12.0. The molecule has 0 atom stereocenters. The quantitative estimate of drug-likeness (QED) is 0.412. The molecule has 0 N–H and O–H groups in total. The van der Waals surface area contributed by atoms with Gasteiger partial charge in [0.05, 0.1) is 0 Å². The van der Waals surface area contributed by atoms with E-state index in [9.17, 15) is 26.3 Å². The van der Waals surface area contributed by atoms with Crippen LogP contribution in [0.4, 0.5) is 26.3 Å². The van der Waals surface area contributed by atoms with Gasteiger partial charge in [0.1, 0.15) is 0 Å². The Labute approximate surface area is 73.5 Å². The summed E-state index contributed by atoms with van der Waals surface area (Å²) in [6, 6.07) is 0. The largest absolute Gasteiger partial charge is 0.378 e. The van der Waals surface area contributed by atoms with Crippen LogP contribution in [0, 0.1) is 0 Å². The van der Waals surface area contributed by atoms with E-state index in [1.807, 2.05) is 0 Å². The van der Waals surface area contributed by atoms with Gasteiger partial charge in [0.2, 0.25) is 10.2 Å². The van der Waals surface area contributed by atoms with E-state index >= 15 is 0 Å². The summed E-state index contributed by atoms with van der Waals surface area (Å²) in [6.45, 7) is 0. The molecule has 0 aliphatic heterocycles. The van der Waals surface area contributed by atoms with Crippen LogP contribution in [0.1, 0.15) is 0 Å². The molecule has 0 aliphatic rings. The van der Waals surface area contributed by atoms with E-state index in [1.54, 1.807) is 0 Å². The van der Waals surface area contributed by atoms with Crippen molar-refractivity contribution in [2.24, 2.45) is 0 Å². The highest BCUT2D eigenvalue weighted by Gasteiger charge is 2.63. The first-order valence-electron chi connectivity index (χ1n) is 2.29. The van der Waals surface area contributed by atoms with Crippen molar-refractivity contribution in [3.63, 3.8) is 0 Å². The molecule has 0 heterocycles. The summed E-state index contributed by atoms with van der Waals surface area (Å²) in [4.78, 5) is 0. The third-order valence-corrected chi connectivity index (χ3v) is 1.40. The minimum absolute atomic E-state index is 2.80. The van der Waals surface area contributed by atoms with Gasteiger partial charge in [-0.25, -0.2) is 0 Å². The van der Waals surface area contributed by atoms with Crippen LogP contribution in [0.2, 0.25) is 0 Å². The van der Waals surface area contributed by atoms with Gasteiger partial charge in [-0.05, 0) is 24.4 Å². The molecule has 0 amide bonds. The zero-order valence-corrected chi connectivity index (χ0v) is 6.72. The fourth-order valence-corrected chi connectivity index (χ4v) is 0.503. The summed E-state index contributed by atoms with van der Waals surface area (Å²) >= 11 is 6.35. The highest BCUT2D eigenvalue weighted by atomic mass is 32.1. The van der Waals surface area contributed by atoms with E-state index in [0.29, 0.717) is 0 Å². The highest BCUT2D eigenvalue weighted by molar-refractivity contribution is 7.80. The first-order valence-corrected chi connectivity index (χ1v) is 3.11. The van der Waals surface area contributed by atoms with E-state index in [4.69, 9.17) is 0 Å². The zero-order valence-electron chi connectivity index (χ0n) is 5.08. The summed E-state index contributed by atoms with van der Waals surface area (Å²) in [5, 5.41) is -5.60. The van der Waals surface area contributed by atoms with E-state index in [2.05, 4.69) is 24.4 Å². The summed E-state index contributed by atoms with van der Waals surface area (Å²) in [6.07, 6.45) is 0. The van der Waals surface area contributed by atoms with E-state index in [1.165, 1.54) is 0 Å². The van der Waals surface area contributed by atoms with Crippen molar-refractivity contribution in [2.75, 3.05) is 0 Å². The Balaban J connectivity index is 5.01. The predicted molar refractivity (Wildman–Crippen MR) is 37.3 cm³/mol. The molecule has 0 saturated heterocycles. The van der Waals surface area contributed by atoms with Crippen molar-refractivity contribution >= 4 is 34.7 Å². The Morgan fingerprint density at radius 3 is 1.00 bits per heavy atom. The van der Waals surface area contributed by atoms with Gasteiger partial charge in [0.25, 0.3) is 0 Å². The molecule has 0 saturated carbocycles. The molecular formula is C4F6S2. The number of hydrogen-bond acceptors (Lipinski definition) is 2. The number of alkyl halides is 4. The van der Waals surface area contributed by atoms with Crippen molar-refractivity contribution in [2.45, 2.75) is 11.8 Å². The Morgan fingerprint density at radius 2 is 0.917 bits per heavy atom. The fourth-order valence-electron chi connectivity index (χ4n) is 0.247. The van der Waals surface area contributed by atoms with Crippen LogP contribution in [-0.2, 0) is 0 Å². The second kappa shape index (κ2) is 3.25. The minimum atomic E-state index is -5.37. The Bertz CT molecular complexity index is 198. The molecule has 0 aromatic rings. The molecule has 0 rings (SSSR count). The molecule has 0 bridgehead atoms. The van der Waals surface area contributed by atoms with Crippen LogP contribution in [0.3, 0.4) is 0 Å². The molecule has 0 fully saturated rings. The summed E-state index contributed by atoms with van der Waals surface area (Å²) in [7, 11) is 0. The zero-order chi connectivity index (χ0) is 10.2. The van der Waals surface area contributed by atoms with Crippen LogP contribution in [0.15, 0.2) is 0 Å². The van der Waals surface area contributed by atoms with Crippen LogP contribution < -0.4 is 0 Å². The average Bonchev–Trinajstić information content (AvgIpc) is 1.86. The second-order valence-electron chi connectivity index (χ2n) is 1.70. The van der Waals surface area contributed by atoms with E-state index < -0.39 is 22.1 Å². The molecule has 8 heteroatoms. The number of rotatable bonds is 3. The lowest BCUT2D eigenvalue weighted by Crippen LogP contribution is -2.48. The van der Waals surface area contributed by atoms with Gasteiger partial charge in [-0.1, -0.05) is 0 Å². The van der Waals surface area contributed by atoms with Crippen LogP contribution in [0.25, 0.3) is 0 Å². The maximum Gasteiger partial charge on any atom is 0.378 e. The third kappa shape index (κ3) is 1.74. The first-order chi connectivity index (χ1) is 5.14. The number of halogens is 6. The molecule has 0 aromatic carbocycles. The van der Waals surface area contributed by atoms with Crippen LogP contribution in [-0.4, -0.2) is 22.1 Å². The summed E-state index contributed by atoms with van der Waals surface area (Å²) < 4.78 is 71.1. The first kappa shape index (κ1) is 11.8. The SMILES string of the molecule is FC(=S)C(F)(F)C(F)(F)C(F)=S. The predicted octanol–water partition coefficient (Wildman–Crippen LogP) is 2.85. The molecule has 0 aromatic heterocycles. The van der Waals surface area contributed by atoms with Gasteiger partial charge in [-0.15, -0.1) is 0 Å². The molecule has 70 valence electrons. The summed E-state index contributed by atoms with van der Waals surface area (Å²) in [5.74, 6) is -10.7. The lowest BCUT2D eigenvalue weighted by Gasteiger charge is -2.20. The van der Waals surface area contributed by atoms with Gasteiger partial charge in [-0.3, -0.25) is 0 Å². The number of thiocarbonyl (C=S) groups is 2. The topological polar surface area (TPSA) is 0 Å².